The Morgan fingerprint density at radius 1 is 1.12 bits per heavy atom. The number of halogens is 2. The molecule has 0 unspecified atom stereocenters. The zero-order chi connectivity index (χ0) is 17.6. The second-order valence-corrected chi connectivity index (χ2v) is 5.76. The molecule has 2 aromatic carbocycles. The van der Waals surface area contributed by atoms with E-state index in [1.165, 1.54) is 18.2 Å². The van der Waals surface area contributed by atoms with Crippen LogP contribution >= 0.6 is 11.6 Å². The third-order valence-corrected chi connectivity index (χ3v) is 4.05. The lowest BCUT2D eigenvalue weighted by Crippen LogP contribution is -2.35. The normalized spacial score (nSPS) is 17.4. The SMILES string of the molecule is O=C1NN(c2ccc(F)c(Cl)c2)C(=O)/C1=C/c1ccc2c(c1)OCO2. The summed E-state index contributed by atoms with van der Waals surface area (Å²) in [6, 6.07) is 8.81. The summed E-state index contributed by atoms with van der Waals surface area (Å²) < 4.78 is 23.8. The summed E-state index contributed by atoms with van der Waals surface area (Å²) in [5, 5.41) is 0.875. The largest absolute Gasteiger partial charge is 0.454 e. The molecule has 1 fully saturated rings. The predicted molar refractivity (Wildman–Crippen MR) is 87.6 cm³/mol. The highest BCUT2D eigenvalue weighted by Crippen LogP contribution is 2.33. The molecule has 2 aliphatic heterocycles. The molecule has 2 aliphatic rings. The molecular formula is C17H10ClFN2O4. The van der Waals surface area contributed by atoms with Crippen molar-refractivity contribution in [2.45, 2.75) is 0 Å². The van der Waals surface area contributed by atoms with Crippen LogP contribution in [0.3, 0.4) is 0 Å². The fraction of sp³-hybridized carbons (Fsp3) is 0.0588. The van der Waals surface area contributed by atoms with Crippen LogP contribution in [0.5, 0.6) is 11.5 Å². The first kappa shape index (κ1) is 15.5. The topological polar surface area (TPSA) is 67.9 Å². The molecule has 0 spiro atoms. The number of carbonyl (C=O) groups is 2. The minimum atomic E-state index is -0.612. The molecule has 2 amide bonds. The highest BCUT2D eigenvalue weighted by atomic mass is 35.5. The molecule has 0 atom stereocenters. The van der Waals surface area contributed by atoms with Crippen LogP contribution in [0.25, 0.3) is 6.08 Å². The average molecular weight is 361 g/mol. The van der Waals surface area contributed by atoms with E-state index < -0.39 is 17.6 Å². The van der Waals surface area contributed by atoms with E-state index in [1.807, 2.05) is 0 Å². The number of rotatable bonds is 2. The molecule has 6 nitrogen and oxygen atoms in total. The van der Waals surface area contributed by atoms with Gasteiger partial charge in [0, 0.05) is 0 Å². The standard InChI is InChI=1S/C17H10ClFN2O4/c18-12-7-10(2-3-13(12)19)21-17(23)11(16(22)20-21)5-9-1-4-14-15(6-9)25-8-24-14/h1-7H,8H2,(H,20,22)/b11-5+. The third-order valence-electron chi connectivity index (χ3n) is 3.76. The smallest absolute Gasteiger partial charge is 0.282 e. The Labute approximate surface area is 146 Å². The molecule has 1 saturated heterocycles. The van der Waals surface area contributed by atoms with Crippen LogP contribution in [-0.4, -0.2) is 18.6 Å². The monoisotopic (exact) mass is 360 g/mol. The van der Waals surface area contributed by atoms with Gasteiger partial charge in [-0.15, -0.1) is 0 Å². The van der Waals surface area contributed by atoms with E-state index in [0.29, 0.717) is 17.1 Å². The Hall–Kier alpha value is -3.06. The number of anilines is 1. The number of carbonyl (C=O) groups excluding carboxylic acids is 2. The van der Waals surface area contributed by atoms with Crippen molar-refractivity contribution in [3.05, 3.63) is 58.4 Å². The summed E-state index contributed by atoms with van der Waals surface area (Å²) in [7, 11) is 0. The van der Waals surface area contributed by atoms with Gasteiger partial charge < -0.3 is 9.47 Å². The van der Waals surface area contributed by atoms with Crippen LogP contribution in [0.4, 0.5) is 10.1 Å². The molecule has 2 aromatic rings. The van der Waals surface area contributed by atoms with Crippen LogP contribution < -0.4 is 19.9 Å². The summed E-state index contributed by atoms with van der Waals surface area (Å²) in [5.41, 5.74) is 3.25. The van der Waals surface area contributed by atoms with Gasteiger partial charge in [0.1, 0.15) is 11.4 Å². The lowest BCUT2D eigenvalue weighted by molar-refractivity contribution is -0.117. The van der Waals surface area contributed by atoms with E-state index in [2.05, 4.69) is 5.43 Å². The van der Waals surface area contributed by atoms with Crippen molar-refractivity contribution in [2.75, 3.05) is 11.8 Å². The van der Waals surface area contributed by atoms with Crippen molar-refractivity contribution in [3.8, 4) is 11.5 Å². The molecule has 1 N–H and O–H groups in total. The molecule has 0 saturated carbocycles. The second kappa shape index (κ2) is 5.78. The summed E-state index contributed by atoms with van der Waals surface area (Å²) in [4.78, 5) is 24.7. The maximum atomic E-state index is 13.3. The van der Waals surface area contributed by atoms with E-state index in [9.17, 15) is 14.0 Å². The summed E-state index contributed by atoms with van der Waals surface area (Å²) in [6.45, 7) is 0.133. The maximum Gasteiger partial charge on any atom is 0.282 e. The van der Waals surface area contributed by atoms with Gasteiger partial charge in [-0.2, -0.15) is 0 Å². The number of fused-ring (bicyclic) bond motifs is 1. The van der Waals surface area contributed by atoms with Crippen molar-refractivity contribution < 1.29 is 23.5 Å². The molecule has 2 heterocycles. The quantitative estimate of drug-likeness (QED) is 0.660. The first-order valence-corrected chi connectivity index (χ1v) is 7.62. The van der Waals surface area contributed by atoms with Gasteiger partial charge >= 0.3 is 0 Å². The Balaban J connectivity index is 1.66. The number of benzene rings is 2. The minimum absolute atomic E-state index is 0.0562. The second-order valence-electron chi connectivity index (χ2n) is 5.35. The first-order chi connectivity index (χ1) is 12.0. The van der Waals surface area contributed by atoms with Gasteiger partial charge in [0.05, 0.1) is 10.7 Å². The van der Waals surface area contributed by atoms with Gasteiger partial charge in [-0.3, -0.25) is 15.0 Å². The van der Waals surface area contributed by atoms with Crippen molar-refractivity contribution in [1.29, 1.82) is 0 Å². The highest BCUT2D eigenvalue weighted by molar-refractivity contribution is 6.33. The highest BCUT2D eigenvalue weighted by Gasteiger charge is 2.34. The minimum Gasteiger partial charge on any atom is -0.454 e. The van der Waals surface area contributed by atoms with E-state index >= 15 is 0 Å². The lowest BCUT2D eigenvalue weighted by atomic mass is 10.1. The van der Waals surface area contributed by atoms with Crippen molar-refractivity contribution in [2.24, 2.45) is 0 Å². The van der Waals surface area contributed by atoms with Gasteiger partial charge in [0.2, 0.25) is 6.79 Å². The number of amides is 2. The van der Waals surface area contributed by atoms with Gasteiger partial charge in [0.15, 0.2) is 11.5 Å². The van der Waals surface area contributed by atoms with Gasteiger partial charge in [-0.05, 0) is 42.0 Å². The molecule has 0 radical (unpaired) electrons. The zero-order valence-corrected chi connectivity index (χ0v) is 13.3. The molecule has 25 heavy (non-hydrogen) atoms. The number of nitrogens with one attached hydrogen (secondary N) is 1. The molecule has 0 bridgehead atoms. The summed E-state index contributed by atoms with van der Waals surface area (Å²) in [5.74, 6) is -0.595. The molecular weight excluding hydrogens is 351 g/mol. The maximum absolute atomic E-state index is 13.3. The van der Waals surface area contributed by atoms with Crippen LogP contribution in [0.1, 0.15) is 5.56 Å². The molecule has 8 heteroatoms. The lowest BCUT2D eigenvalue weighted by Gasteiger charge is -2.14. The van der Waals surface area contributed by atoms with E-state index in [1.54, 1.807) is 18.2 Å². The van der Waals surface area contributed by atoms with E-state index in [0.717, 1.165) is 11.1 Å². The van der Waals surface area contributed by atoms with Gasteiger partial charge in [-0.25, -0.2) is 9.40 Å². The van der Waals surface area contributed by atoms with Crippen molar-refractivity contribution in [3.63, 3.8) is 0 Å². The number of hydrogen-bond donors (Lipinski definition) is 1. The number of hydrazine groups is 1. The molecule has 126 valence electrons. The predicted octanol–water partition coefficient (Wildman–Crippen LogP) is 2.67. The molecule has 0 aliphatic carbocycles. The number of nitrogens with zero attached hydrogens (tertiary/aromatic N) is 1. The van der Waals surface area contributed by atoms with Crippen molar-refractivity contribution >= 4 is 35.2 Å². The zero-order valence-electron chi connectivity index (χ0n) is 12.6. The fourth-order valence-corrected chi connectivity index (χ4v) is 2.71. The Morgan fingerprint density at radius 2 is 1.92 bits per heavy atom. The molecule has 0 aromatic heterocycles. The van der Waals surface area contributed by atoms with Crippen molar-refractivity contribution in [1.82, 2.24) is 5.43 Å². The van der Waals surface area contributed by atoms with Gasteiger partial charge in [-0.1, -0.05) is 17.7 Å². The summed E-state index contributed by atoms with van der Waals surface area (Å²) in [6.07, 6.45) is 1.45. The molecule has 4 rings (SSSR count). The number of hydrogen-bond acceptors (Lipinski definition) is 4. The Bertz CT molecular complexity index is 944. The third kappa shape index (κ3) is 2.68. The Morgan fingerprint density at radius 3 is 2.72 bits per heavy atom. The number of ether oxygens (including phenoxy) is 2. The Kier molecular flexibility index (Phi) is 3.58. The van der Waals surface area contributed by atoms with Crippen LogP contribution in [0, 0.1) is 5.82 Å². The summed E-state index contributed by atoms with van der Waals surface area (Å²) >= 11 is 5.73. The van der Waals surface area contributed by atoms with E-state index in [4.69, 9.17) is 21.1 Å². The van der Waals surface area contributed by atoms with Crippen LogP contribution in [0.15, 0.2) is 42.0 Å². The van der Waals surface area contributed by atoms with Gasteiger partial charge in [0.25, 0.3) is 11.8 Å². The average Bonchev–Trinajstić information content (AvgIpc) is 3.16. The fourth-order valence-electron chi connectivity index (χ4n) is 2.53. The van der Waals surface area contributed by atoms with Crippen LogP contribution in [0.2, 0.25) is 5.02 Å². The van der Waals surface area contributed by atoms with E-state index in [-0.39, 0.29) is 23.1 Å². The van der Waals surface area contributed by atoms with Crippen LogP contribution in [-0.2, 0) is 9.59 Å². The first-order valence-electron chi connectivity index (χ1n) is 7.25.